The van der Waals surface area contributed by atoms with Crippen molar-refractivity contribution in [1.82, 2.24) is 14.9 Å². The number of sulfonamides is 1. The molecule has 1 amide bonds. The Morgan fingerprint density at radius 2 is 1.74 bits per heavy atom. The van der Waals surface area contributed by atoms with Crippen molar-refractivity contribution in [1.29, 1.82) is 0 Å². The Hall–Kier alpha value is -3.57. The van der Waals surface area contributed by atoms with Gasteiger partial charge in [0.05, 0.1) is 42.1 Å². The summed E-state index contributed by atoms with van der Waals surface area (Å²) in [6, 6.07) is 11.0. The predicted molar refractivity (Wildman–Crippen MR) is 148 cm³/mol. The minimum absolute atomic E-state index is 0.0799. The Balaban J connectivity index is 2.09. The number of halogens is 1. The summed E-state index contributed by atoms with van der Waals surface area (Å²) >= 11 is 6.53. The van der Waals surface area contributed by atoms with Crippen molar-refractivity contribution in [2.24, 2.45) is 0 Å². The summed E-state index contributed by atoms with van der Waals surface area (Å²) < 4.78 is 39.7. The van der Waals surface area contributed by atoms with Gasteiger partial charge in [0.2, 0.25) is 5.91 Å². The number of aromatic nitrogens is 2. The highest BCUT2D eigenvalue weighted by atomic mass is 35.5. The number of benzene rings is 2. The number of carbonyl (C=O) groups excluding carboxylic acids is 1. The van der Waals surface area contributed by atoms with Crippen LogP contribution in [0, 0.1) is 6.92 Å². The number of hydrogen-bond donors (Lipinski definition) is 0. The molecular formula is C26H32ClN5O5S. The standard InChI is InChI=1S/C26H32ClN5O5S/c1-7-31(16-19-12-13-28-18(2)29-19)26(33)17-32(23-14-20(30(3)4)8-10-22(23)27)38(34,35)21-9-11-24(36-5)25(15-21)37-6/h8-15H,7,16-17H2,1-6H3. The van der Waals surface area contributed by atoms with Gasteiger partial charge < -0.3 is 19.3 Å². The van der Waals surface area contributed by atoms with Crippen molar-refractivity contribution in [3.05, 3.63) is 65.2 Å². The van der Waals surface area contributed by atoms with Gasteiger partial charge in [0.1, 0.15) is 12.4 Å². The molecule has 38 heavy (non-hydrogen) atoms. The molecule has 2 aromatic carbocycles. The van der Waals surface area contributed by atoms with Gasteiger partial charge in [-0.3, -0.25) is 9.10 Å². The van der Waals surface area contributed by atoms with E-state index in [-0.39, 0.29) is 27.9 Å². The van der Waals surface area contributed by atoms with Crippen LogP contribution >= 0.6 is 11.6 Å². The van der Waals surface area contributed by atoms with Gasteiger partial charge >= 0.3 is 0 Å². The molecule has 3 rings (SSSR count). The lowest BCUT2D eigenvalue weighted by atomic mass is 10.2. The van der Waals surface area contributed by atoms with E-state index < -0.39 is 22.5 Å². The monoisotopic (exact) mass is 561 g/mol. The zero-order valence-electron chi connectivity index (χ0n) is 22.3. The van der Waals surface area contributed by atoms with Gasteiger partial charge in [0.15, 0.2) is 11.5 Å². The summed E-state index contributed by atoms with van der Waals surface area (Å²) in [5.74, 6) is 0.774. The van der Waals surface area contributed by atoms with Crippen molar-refractivity contribution in [2.75, 3.05) is 50.6 Å². The second-order valence-electron chi connectivity index (χ2n) is 8.56. The molecule has 0 saturated carbocycles. The van der Waals surface area contributed by atoms with Crippen molar-refractivity contribution in [2.45, 2.75) is 25.3 Å². The highest BCUT2D eigenvalue weighted by Crippen LogP contribution is 2.36. The van der Waals surface area contributed by atoms with Crippen LogP contribution in [0.3, 0.4) is 0 Å². The van der Waals surface area contributed by atoms with Gasteiger partial charge in [0.25, 0.3) is 10.0 Å². The third-order valence-corrected chi connectivity index (χ3v) is 7.93. The van der Waals surface area contributed by atoms with Gasteiger partial charge in [-0.05, 0) is 50.2 Å². The van der Waals surface area contributed by atoms with Gasteiger partial charge in [-0.25, -0.2) is 18.4 Å². The molecule has 0 unspecified atom stereocenters. The predicted octanol–water partition coefficient (Wildman–Crippen LogP) is 3.77. The van der Waals surface area contributed by atoms with Crippen LogP contribution in [0.25, 0.3) is 0 Å². The van der Waals surface area contributed by atoms with Crippen molar-refractivity contribution in [3.63, 3.8) is 0 Å². The minimum Gasteiger partial charge on any atom is -0.493 e. The minimum atomic E-state index is -4.27. The highest BCUT2D eigenvalue weighted by Gasteiger charge is 2.31. The molecule has 204 valence electrons. The summed E-state index contributed by atoms with van der Waals surface area (Å²) in [5, 5.41) is 0.182. The lowest BCUT2D eigenvalue weighted by Gasteiger charge is -2.29. The van der Waals surface area contributed by atoms with Crippen LogP contribution in [0.2, 0.25) is 5.02 Å². The lowest BCUT2D eigenvalue weighted by Crippen LogP contribution is -2.43. The zero-order chi connectivity index (χ0) is 28.0. The average molecular weight is 562 g/mol. The smallest absolute Gasteiger partial charge is 0.264 e. The Morgan fingerprint density at radius 3 is 2.34 bits per heavy atom. The van der Waals surface area contributed by atoms with Gasteiger partial charge in [0, 0.05) is 38.6 Å². The van der Waals surface area contributed by atoms with Crippen LogP contribution in [0.1, 0.15) is 18.4 Å². The Labute approximate surface area is 228 Å². The molecule has 1 aromatic heterocycles. The van der Waals surface area contributed by atoms with E-state index in [2.05, 4.69) is 9.97 Å². The number of nitrogens with zero attached hydrogens (tertiary/aromatic N) is 5. The summed E-state index contributed by atoms with van der Waals surface area (Å²) in [4.78, 5) is 25.3. The fourth-order valence-electron chi connectivity index (χ4n) is 3.76. The van der Waals surface area contributed by atoms with E-state index in [1.54, 1.807) is 37.4 Å². The highest BCUT2D eigenvalue weighted by molar-refractivity contribution is 7.92. The van der Waals surface area contributed by atoms with Crippen molar-refractivity contribution < 1.29 is 22.7 Å². The van der Waals surface area contributed by atoms with Gasteiger partial charge in [-0.15, -0.1) is 0 Å². The summed E-state index contributed by atoms with van der Waals surface area (Å²) in [7, 11) is 2.26. The topological polar surface area (TPSA) is 105 Å². The second kappa shape index (κ2) is 12.3. The summed E-state index contributed by atoms with van der Waals surface area (Å²) in [6.45, 7) is 3.65. The largest absolute Gasteiger partial charge is 0.493 e. The van der Waals surface area contributed by atoms with E-state index in [1.807, 2.05) is 25.9 Å². The molecule has 0 saturated heterocycles. The van der Waals surface area contributed by atoms with E-state index in [1.165, 1.54) is 37.3 Å². The molecule has 0 fully saturated rings. The first kappa shape index (κ1) is 29.0. The SMILES string of the molecule is CCN(Cc1ccnc(C)n1)C(=O)CN(c1cc(N(C)C)ccc1Cl)S(=O)(=O)c1ccc(OC)c(OC)c1. The molecule has 0 N–H and O–H groups in total. The normalized spacial score (nSPS) is 11.1. The Bertz CT molecular complexity index is 1400. The van der Waals surface area contributed by atoms with Crippen LogP contribution < -0.4 is 18.7 Å². The Morgan fingerprint density at radius 1 is 1.03 bits per heavy atom. The number of methoxy groups -OCH3 is 2. The molecule has 0 aliphatic rings. The van der Waals surface area contributed by atoms with Crippen LogP contribution in [0.5, 0.6) is 11.5 Å². The number of hydrogen-bond acceptors (Lipinski definition) is 8. The van der Waals surface area contributed by atoms with E-state index in [4.69, 9.17) is 21.1 Å². The molecule has 0 aliphatic heterocycles. The third-order valence-electron chi connectivity index (χ3n) is 5.86. The van der Waals surface area contributed by atoms with Crippen LogP contribution in [-0.4, -0.2) is 70.6 Å². The molecule has 0 atom stereocenters. The molecular weight excluding hydrogens is 530 g/mol. The van der Waals surface area contributed by atoms with Crippen LogP contribution in [0.4, 0.5) is 11.4 Å². The summed E-state index contributed by atoms with van der Waals surface area (Å²) in [5.41, 5.74) is 1.54. The first-order valence-corrected chi connectivity index (χ1v) is 13.6. The molecule has 1 heterocycles. The zero-order valence-corrected chi connectivity index (χ0v) is 23.9. The number of likely N-dealkylation sites (N-methyl/N-ethyl adjacent to an activating group) is 1. The average Bonchev–Trinajstić information content (AvgIpc) is 2.90. The van der Waals surface area contributed by atoms with E-state index in [0.29, 0.717) is 29.5 Å². The second-order valence-corrected chi connectivity index (χ2v) is 10.8. The van der Waals surface area contributed by atoms with Crippen LogP contribution in [-0.2, 0) is 21.4 Å². The molecule has 12 heteroatoms. The van der Waals surface area contributed by atoms with E-state index in [0.717, 1.165) is 4.31 Å². The first-order chi connectivity index (χ1) is 18.0. The molecule has 3 aromatic rings. The van der Waals surface area contributed by atoms with Crippen molar-refractivity contribution >= 4 is 38.9 Å². The molecule has 0 bridgehead atoms. The number of ether oxygens (including phenoxy) is 2. The third kappa shape index (κ3) is 6.46. The van der Waals surface area contributed by atoms with Crippen LogP contribution in [0.15, 0.2) is 53.6 Å². The number of carbonyl (C=O) groups is 1. The maximum absolute atomic E-state index is 14.0. The molecule has 0 radical (unpaired) electrons. The fourth-order valence-corrected chi connectivity index (χ4v) is 5.47. The number of aryl methyl sites for hydroxylation is 1. The van der Waals surface area contributed by atoms with Crippen molar-refractivity contribution in [3.8, 4) is 11.5 Å². The number of anilines is 2. The maximum atomic E-state index is 14.0. The lowest BCUT2D eigenvalue weighted by molar-refractivity contribution is -0.130. The van der Waals surface area contributed by atoms with E-state index in [9.17, 15) is 13.2 Å². The number of rotatable bonds is 11. The fraction of sp³-hybridized carbons (Fsp3) is 0.346. The molecule has 10 nitrogen and oxygen atoms in total. The Kier molecular flexibility index (Phi) is 9.40. The molecule has 0 spiro atoms. The molecule has 0 aliphatic carbocycles. The van der Waals surface area contributed by atoms with E-state index >= 15 is 0 Å². The maximum Gasteiger partial charge on any atom is 0.264 e. The number of amides is 1. The summed E-state index contributed by atoms with van der Waals surface area (Å²) in [6.07, 6.45) is 1.62. The first-order valence-electron chi connectivity index (χ1n) is 11.8. The quantitative estimate of drug-likeness (QED) is 0.348. The van der Waals surface area contributed by atoms with Gasteiger partial charge in [-0.1, -0.05) is 11.6 Å². The van der Waals surface area contributed by atoms with Gasteiger partial charge in [-0.2, -0.15) is 0 Å².